The van der Waals surface area contributed by atoms with E-state index in [1.165, 1.54) is 28.4 Å². The molecule has 2 aromatic rings. The normalized spacial score (nSPS) is 19.6. The smallest absolute Gasteiger partial charge is 0.353 e. The Morgan fingerprint density at radius 2 is 2.19 bits per heavy atom. The van der Waals surface area contributed by atoms with Crippen molar-refractivity contribution in [3.05, 3.63) is 40.5 Å². The zero-order valence-corrected chi connectivity index (χ0v) is 21.6. The number of nitrogens with two attached hydrogens (primary N) is 2. The Balaban J connectivity index is 1.51. The number of oxime groups is 1. The number of nitrogens with one attached hydrogen (secondary N) is 1. The van der Waals surface area contributed by atoms with Crippen molar-refractivity contribution in [3.8, 4) is 0 Å². The van der Waals surface area contributed by atoms with Gasteiger partial charge >= 0.3 is 5.97 Å². The highest BCUT2D eigenvalue weighted by molar-refractivity contribution is 8.06. The minimum absolute atomic E-state index is 0.0734. The summed E-state index contributed by atoms with van der Waals surface area (Å²) >= 11 is 5.07. The molecule has 13 nitrogen and oxygen atoms in total. The Labute approximate surface area is 221 Å². The number of nitrogens with zero attached hydrogens (tertiary/aromatic N) is 5. The quantitative estimate of drug-likeness (QED) is 0.0863. The number of carbonyl (C=O) groups excluding carboxylic acids is 2. The number of anilines is 1. The summed E-state index contributed by atoms with van der Waals surface area (Å²) in [5.74, 6) is -1.13. The van der Waals surface area contributed by atoms with Crippen LogP contribution in [0.25, 0.3) is 0 Å². The number of nitrogen functional groups attached to an aromatic ring is 1. The molecule has 2 aliphatic rings. The molecule has 0 saturated carbocycles. The fourth-order valence-corrected chi connectivity index (χ4v) is 7.28. The maximum Gasteiger partial charge on any atom is 0.353 e. The van der Waals surface area contributed by atoms with Crippen molar-refractivity contribution < 1.29 is 24.7 Å². The number of thioether (sulfide) groups is 3. The fourth-order valence-electron chi connectivity index (χ4n) is 3.42. The molecule has 0 aromatic carbocycles. The predicted octanol–water partition coefficient (Wildman–Crippen LogP) is 0.374. The first-order chi connectivity index (χ1) is 17.3. The van der Waals surface area contributed by atoms with Gasteiger partial charge in [0.2, 0.25) is 11.5 Å². The molecule has 1 saturated heterocycles. The first-order valence-electron chi connectivity index (χ1n) is 10.3. The molecule has 190 valence electrons. The van der Waals surface area contributed by atoms with E-state index in [9.17, 15) is 24.7 Å². The highest BCUT2D eigenvalue weighted by atomic mass is 32.2. The Hall–Kier alpha value is -2.86. The fraction of sp³-hybridized carbons (Fsp3) is 0.316. The van der Waals surface area contributed by atoms with E-state index in [1.807, 2.05) is 6.07 Å². The number of pyridine rings is 1. The van der Waals surface area contributed by atoms with Gasteiger partial charge in [0.1, 0.15) is 17.1 Å². The molecule has 4 rings (SSSR count). The van der Waals surface area contributed by atoms with Gasteiger partial charge in [-0.3, -0.25) is 19.5 Å². The summed E-state index contributed by atoms with van der Waals surface area (Å²) in [5.41, 5.74) is 11.4. The van der Waals surface area contributed by atoms with Gasteiger partial charge in [0, 0.05) is 57.5 Å². The number of carboxylic acid groups (broad SMARTS) is 1. The van der Waals surface area contributed by atoms with Gasteiger partial charge in [0.25, 0.3) is 11.8 Å². The molecule has 7 N–H and O–H groups in total. The average Bonchev–Trinajstić information content (AvgIpc) is 3.29. The van der Waals surface area contributed by atoms with Gasteiger partial charge in [-0.05, 0) is 11.6 Å². The lowest BCUT2D eigenvalue weighted by atomic mass is 10.0. The number of amides is 2. The van der Waals surface area contributed by atoms with Gasteiger partial charge in [-0.25, -0.2) is 4.79 Å². The van der Waals surface area contributed by atoms with E-state index >= 15 is 0 Å². The molecule has 1 fully saturated rings. The van der Waals surface area contributed by atoms with E-state index in [1.54, 1.807) is 24.2 Å². The van der Waals surface area contributed by atoms with Gasteiger partial charge in [-0.1, -0.05) is 16.9 Å². The van der Waals surface area contributed by atoms with Crippen LogP contribution in [0.4, 0.5) is 5.13 Å². The lowest BCUT2D eigenvalue weighted by molar-refractivity contribution is -0.150. The largest absolute Gasteiger partial charge is 0.477 e. The molecule has 2 amide bonds. The van der Waals surface area contributed by atoms with E-state index in [2.05, 4.69) is 24.8 Å². The van der Waals surface area contributed by atoms with Crippen molar-refractivity contribution in [2.45, 2.75) is 22.1 Å². The van der Waals surface area contributed by atoms with Gasteiger partial charge in [0.05, 0.1) is 0 Å². The molecule has 0 aliphatic carbocycles. The summed E-state index contributed by atoms with van der Waals surface area (Å²) in [4.78, 5) is 48.3. The standard InChI is InChI=1S/C19H20N8O5S4/c20-2-4-33-6-8-5-22-3-1-9(8)35-10-7-34-17-12(16(29)27(17)13(10)18(30)31)23-15(28)11(25-32)14-24-19(21)36-26-14/h1,3,5,12,17,32H,2,4,6-7,20H2,(H,23,28)(H,30,31)(H2,21,24,26)/b25-11-/t12-,17?/m1/s1. The SMILES string of the molecule is NCCSCc1cnccc1SC1=C(C(=O)O)N2C(=O)[C@@H](NC(=O)/C(=N\O)c3nsc(N)n3)C2SC1. The summed E-state index contributed by atoms with van der Waals surface area (Å²) in [5, 5.41) is 24.0. The summed E-state index contributed by atoms with van der Waals surface area (Å²) < 4.78 is 3.83. The first-order valence-corrected chi connectivity index (χ1v) is 14.1. The van der Waals surface area contributed by atoms with E-state index in [0.717, 1.165) is 27.7 Å². The lowest BCUT2D eigenvalue weighted by Crippen LogP contribution is -2.71. The number of fused-ring (bicyclic) bond motifs is 1. The number of carboxylic acids is 1. The van der Waals surface area contributed by atoms with Crippen molar-refractivity contribution in [2.75, 3.05) is 23.8 Å². The lowest BCUT2D eigenvalue weighted by Gasteiger charge is -2.49. The number of aromatic nitrogens is 3. The summed E-state index contributed by atoms with van der Waals surface area (Å²) in [7, 11) is 0. The van der Waals surface area contributed by atoms with Crippen molar-refractivity contribution in [3.63, 3.8) is 0 Å². The number of aliphatic carboxylic acids is 1. The zero-order chi connectivity index (χ0) is 25.8. The van der Waals surface area contributed by atoms with Crippen LogP contribution in [0.5, 0.6) is 0 Å². The van der Waals surface area contributed by atoms with Crippen LogP contribution in [0.3, 0.4) is 0 Å². The minimum Gasteiger partial charge on any atom is -0.477 e. The Kier molecular flexibility index (Phi) is 8.35. The molecule has 0 bridgehead atoms. The maximum atomic E-state index is 13.0. The highest BCUT2D eigenvalue weighted by Gasteiger charge is 2.54. The van der Waals surface area contributed by atoms with Crippen molar-refractivity contribution in [1.82, 2.24) is 24.6 Å². The Morgan fingerprint density at radius 3 is 2.86 bits per heavy atom. The van der Waals surface area contributed by atoms with Gasteiger partial charge in [0.15, 0.2) is 5.13 Å². The van der Waals surface area contributed by atoms with Crippen LogP contribution in [0, 0.1) is 0 Å². The van der Waals surface area contributed by atoms with Crippen molar-refractivity contribution >= 4 is 75.4 Å². The van der Waals surface area contributed by atoms with Crippen LogP contribution in [-0.2, 0) is 20.1 Å². The molecular weight excluding hydrogens is 549 g/mol. The predicted molar refractivity (Wildman–Crippen MR) is 138 cm³/mol. The first kappa shape index (κ1) is 26.2. The summed E-state index contributed by atoms with van der Waals surface area (Å²) in [6, 6.07) is 0.794. The third kappa shape index (κ3) is 5.29. The average molecular weight is 569 g/mol. The molecule has 2 atom stereocenters. The van der Waals surface area contributed by atoms with Crippen LogP contribution in [0.15, 0.2) is 39.1 Å². The monoisotopic (exact) mass is 568 g/mol. The number of hydrogen-bond acceptors (Lipinski definition) is 14. The molecule has 2 aromatic heterocycles. The molecule has 1 unspecified atom stereocenters. The van der Waals surface area contributed by atoms with Gasteiger partial charge in [-0.15, -0.1) is 11.8 Å². The molecule has 36 heavy (non-hydrogen) atoms. The molecule has 0 radical (unpaired) electrons. The summed E-state index contributed by atoms with van der Waals surface area (Å²) in [6.45, 7) is 0.550. The molecule has 4 heterocycles. The Morgan fingerprint density at radius 1 is 1.39 bits per heavy atom. The third-order valence-corrected chi connectivity index (χ3v) is 9.25. The van der Waals surface area contributed by atoms with E-state index in [-0.39, 0.29) is 16.7 Å². The molecule has 0 spiro atoms. The highest BCUT2D eigenvalue weighted by Crippen LogP contribution is 2.45. The zero-order valence-electron chi connectivity index (χ0n) is 18.4. The minimum atomic E-state index is -1.24. The maximum absolute atomic E-state index is 13.0. The Bertz CT molecular complexity index is 1250. The molecule has 17 heteroatoms. The van der Waals surface area contributed by atoms with E-state index in [0.29, 0.717) is 23.0 Å². The second-order valence-corrected chi connectivity index (χ2v) is 11.4. The van der Waals surface area contributed by atoms with Gasteiger partial charge in [-0.2, -0.15) is 21.1 Å². The van der Waals surface area contributed by atoms with Crippen LogP contribution in [0.1, 0.15) is 11.4 Å². The third-order valence-electron chi connectivity index (χ3n) is 5.00. The summed E-state index contributed by atoms with van der Waals surface area (Å²) in [6.07, 6.45) is 3.36. The van der Waals surface area contributed by atoms with Crippen LogP contribution >= 0.6 is 46.8 Å². The number of hydrogen-bond donors (Lipinski definition) is 5. The second kappa shape index (κ2) is 11.5. The van der Waals surface area contributed by atoms with Gasteiger partial charge < -0.3 is 27.1 Å². The molecule has 2 aliphatic heterocycles. The second-order valence-electron chi connectivity index (χ2n) is 7.27. The van der Waals surface area contributed by atoms with Crippen LogP contribution < -0.4 is 16.8 Å². The number of carbonyl (C=O) groups is 3. The van der Waals surface area contributed by atoms with Crippen molar-refractivity contribution in [1.29, 1.82) is 0 Å². The van der Waals surface area contributed by atoms with E-state index < -0.39 is 34.9 Å². The topological polar surface area (TPSA) is 210 Å². The van der Waals surface area contributed by atoms with Crippen molar-refractivity contribution in [2.24, 2.45) is 10.9 Å². The molecular formula is C19H20N8O5S4. The number of rotatable bonds is 10. The van der Waals surface area contributed by atoms with E-state index in [4.69, 9.17) is 11.5 Å². The number of β-lactam (4-membered cyclic amide) rings is 1. The van der Waals surface area contributed by atoms with Crippen LogP contribution in [0.2, 0.25) is 0 Å². The van der Waals surface area contributed by atoms with Crippen LogP contribution in [-0.4, -0.2) is 82.5 Å².